The molecule has 0 amide bonds. The molecule has 74 heavy (non-hydrogen) atoms. The summed E-state index contributed by atoms with van der Waals surface area (Å²) in [7, 11) is 0. The summed E-state index contributed by atoms with van der Waals surface area (Å²) >= 11 is 0. The standard InChI is InChI=1S/3C9H13N3O.2C8H11N3O.C7H9N3O/c1-6-7-2-4-13-5-3-8(7)12-9(10)11-6;1-6-7-5-13-4-2-3-8(7)12-9(10)11-6;1-6-7-3-2-4-13-5-8(7)12-9(10)11-6;1-5-6-4-12-3-2-7(6)11-8(9)10-5;1-5-6-2-3-12-4-7(6)11-8(9)10-5;1-4-5-2-11-3-6(5)10-7(8)9-4/h3*2-5H2,1H3,(H2,10,11,12);2*2-4H2,1H3,(H2,9,10,11);2-3H2,1H3,(H2,8,9,10). The van der Waals surface area contributed by atoms with Crippen LogP contribution < -0.4 is 34.4 Å². The van der Waals surface area contributed by atoms with Gasteiger partial charge in [-0.25, -0.2) is 59.8 Å². The van der Waals surface area contributed by atoms with Crippen LogP contribution in [0, 0.1) is 41.5 Å². The zero-order valence-electron chi connectivity index (χ0n) is 43.4. The normalized spacial score (nSPS) is 16.0. The number of nitrogens with zero attached hydrogens (tertiary/aromatic N) is 12. The van der Waals surface area contributed by atoms with Crippen molar-refractivity contribution in [2.75, 3.05) is 74.0 Å². The van der Waals surface area contributed by atoms with Crippen LogP contribution in [0.2, 0.25) is 0 Å². The molecule has 0 aromatic carbocycles. The number of hydrogen-bond donors (Lipinski definition) is 6. The lowest BCUT2D eigenvalue weighted by Gasteiger charge is -2.16. The quantitative estimate of drug-likeness (QED) is 0.127. The summed E-state index contributed by atoms with van der Waals surface area (Å²) in [6.45, 7) is 19.9. The number of rotatable bonds is 0. The second-order valence-electron chi connectivity index (χ2n) is 18.1. The highest BCUT2D eigenvalue weighted by atomic mass is 16.5. The van der Waals surface area contributed by atoms with E-state index in [4.69, 9.17) is 62.8 Å². The number of hydrogen-bond acceptors (Lipinski definition) is 24. The topological polar surface area (TPSA) is 366 Å². The van der Waals surface area contributed by atoms with Crippen molar-refractivity contribution < 1.29 is 28.4 Å². The molecule has 12 heterocycles. The summed E-state index contributed by atoms with van der Waals surface area (Å²) < 4.78 is 31.9. The van der Waals surface area contributed by atoms with Gasteiger partial charge in [-0.3, -0.25) is 0 Å². The molecule has 0 radical (unpaired) electrons. The Hall–Kier alpha value is -6.96. The molecular formula is C50H70N18O6. The molecule has 0 atom stereocenters. The van der Waals surface area contributed by atoms with Crippen molar-refractivity contribution in [1.29, 1.82) is 0 Å². The van der Waals surface area contributed by atoms with E-state index in [0.717, 1.165) is 176 Å². The maximum absolute atomic E-state index is 5.57. The van der Waals surface area contributed by atoms with Gasteiger partial charge in [-0.2, -0.15) is 0 Å². The number of anilines is 6. The number of aryl methyl sites for hydroxylation is 7. The highest BCUT2D eigenvalue weighted by Crippen LogP contribution is 2.23. The number of ether oxygens (including phenoxy) is 6. The van der Waals surface area contributed by atoms with E-state index in [2.05, 4.69) is 59.8 Å². The summed E-state index contributed by atoms with van der Waals surface area (Å²) in [5.74, 6) is 2.15. The van der Waals surface area contributed by atoms with Crippen molar-refractivity contribution in [2.24, 2.45) is 0 Å². The van der Waals surface area contributed by atoms with Gasteiger partial charge in [0.25, 0.3) is 0 Å². The first-order chi connectivity index (χ1) is 35.6. The molecular weight excluding hydrogens is 949 g/mol. The number of aromatic nitrogens is 12. The van der Waals surface area contributed by atoms with Crippen LogP contribution in [-0.2, 0) is 107 Å². The Kier molecular flexibility index (Phi) is 19.5. The fourth-order valence-electron chi connectivity index (χ4n) is 9.01. The third kappa shape index (κ3) is 15.1. The van der Waals surface area contributed by atoms with Crippen LogP contribution in [0.5, 0.6) is 0 Å². The van der Waals surface area contributed by atoms with E-state index in [1.165, 1.54) is 16.7 Å². The first-order valence-corrected chi connectivity index (χ1v) is 24.8. The molecule has 396 valence electrons. The average molecular weight is 1020 g/mol. The Morgan fingerprint density at radius 1 is 0.243 bits per heavy atom. The lowest BCUT2D eigenvalue weighted by Crippen LogP contribution is -2.15. The summed E-state index contributed by atoms with van der Waals surface area (Å²) in [4.78, 5) is 49.6. The van der Waals surface area contributed by atoms with Crippen LogP contribution in [-0.4, -0.2) is 99.4 Å². The van der Waals surface area contributed by atoms with Crippen LogP contribution in [0.3, 0.4) is 0 Å². The van der Waals surface area contributed by atoms with E-state index in [-0.39, 0.29) is 0 Å². The predicted octanol–water partition coefficient (Wildman–Crippen LogP) is 3.42. The second-order valence-corrected chi connectivity index (χ2v) is 18.1. The van der Waals surface area contributed by atoms with E-state index in [1.807, 2.05) is 41.5 Å². The molecule has 24 heteroatoms. The highest BCUT2D eigenvalue weighted by molar-refractivity contribution is 5.36. The van der Waals surface area contributed by atoms with E-state index in [0.29, 0.717) is 75.3 Å². The smallest absolute Gasteiger partial charge is 0.220 e. The average Bonchev–Trinajstić information content (AvgIpc) is 3.50. The molecule has 24 nitrogen and oxygen atoms in total. The summed E-state index contributed by atoms with van der Waals surface area (Å²) in [6, 6.07) is 0. The first-order valence-electron chi connectivity index (χ1n) is 24.8. The molecule has 0 unspecified atom stereocenters. The molecule has 12 N–H and O–H groups in total. The van der Waals surface area contributed by atoms with E-state index in [1.54, 1.807) is 0 Å². The third-order valence-corrected chi connectivity index (χ3v) is 12.7. The van der Waals surface area contributed by atoms with Crippen molar-refractivity contribution >= 4 is 35.7 Å². The lowest BCUT2D eigenvalue weighted by atomic mass is 10.1. The highest BCUT2D eigenvalue weighted by Gasteiger charge is 2.19. The molecule has 6 aliphatic rings. The summed E-state index contributed by atoms with van der Waals surface area (Å²) in [5, 5.41) is 0. The Bertz CT molecular complexity index is 2670. The first kappa shape index (κ1) is 54.8. The SMILES string of the molecule is Cc1nc(N)nc2c1CCCOC2.Cc1nc(N)nc2c1CCOC2.Cc1nc(N)nc2c1CCOCC2.Cc1nc(N)nc2c1COC2.Cc1nc(N)nc2c1COCC2.Cc1nc(N)nc2c1COCCC2. The van der Waals surface area contributed by atoms with Gasteiger partial charge in [0.1, 0.15) is 0 Å². The zero-order chi connectivity index (χ0) is 52.7. The Labute approximate surface area is 431 Å². The summed E-state index contributed by atoms with van der Waals surface area (Å²) in [6.07, 6.45) is 7.52. The van der Waals surface area contributed by atoms with E-state index in [9.17, 15) is 0 Å². The second kappa shape index (κ2) is 26.3. The van der Waals surface area contributed by atoms with Crippen LogP contribution >= 0.6 is 0 Å². The van der Waals surface area contributed by atoms with Gasteiger partial charge in [-0.15, -0.1) is 0 Å². The van der Waals surface area contributed by atoms with Gasteiger partial charge in [0.2, 0.25) is 35.7 Å². The maximum atomic E-state index is 5.57. The van der Waals surface area contributed by atoms with Gasteiger partial charge in [-0.1, -0.05) is 0 Å². The fourth-order valence-corrected chi connectivity index (χ4v) is 9.01. The molecule has 0 saturated heterocycles. The lowest BCUT2D eigenvalue weighted by molar-refractivity contribution is 0.107. The van der Waals surface area contributed by atoms with Gasteiger partial charge in [0.15, 0.2) is 0 Å². The van der Waals surface area contributed by atoms with Gasteiger partial charge in [0.05, 0.1) is 100 Å². The molecule has 0 fully saturated rings. The third-order valence-electron chi connectivity index (χ3n) is 12.7. The number of nitrogens with two attached hydrogens (primary N) is 6. The Morgan fingerprint density at radius 2 is 0.514 bits per heavy atom. The zero-order valence-corrected chi connectivity index (χ0v) is 43.4. The largest absolute Gasteiger partial charge is 0.381 e. The van der Waals surface area contributed by atoms with Crippen LogP contribution in [0.4, 0.5) is 35.7 Å². The number of fused-ring (bicyclic) bond motifs is 6. The molecule has 12 rings (SSSR count). The molecule has 6 aromatic heterocycles. The van der Waals surface area contributed by atoms with Gasteiger partial charge >= 0.3 is 0 Å². The molecule has 6 aromatic rings. The van der Waals surface area contributed by atoms with Crippen LogP contribution in [0.15, 0.2) is 0 Å². The minimum atomic E-state index is 0.340. The fraction of sp³-hybridized carbons (Fsp3) is 0.520. The van der Waals surface area contributed by atoms with Gasteiger partial charge < -0.3 is 62.8 Å². The molecule has 0 aliphatic carbocycles. The minimum absolute atomic E-state index is 0.340. The maximum Gasteiger partial charge on any atom is 0.220 e. The Balaban J connectivity index is 0.000000130. The predicted molar refractivity (Wildman–Crippen MR) is 276 cm³/mol. The molecule has 0 saturated carbocycles. The van der Waals surface area contributed by atoms with Crippen molar-refractivity contribution in [3.63, 3.8) is 0 Å². The van der Waals surface area contributed by atoms with Crippen molar-refractivity contribution in [2.45, 2.75) is 133 Å². The van der Waals surface area contributed by atoms with Gasteiger partial charge in [-0.05, 0) is 96.8 Å². The monoisotopic (exact) mass is 1020 g/mol. The van der Waals surface area contributed by atoms with Crippen molar-refractivity contribution in [3.05, 3.63) is 102 Å². The van der Waals surface area contributed by atoms with E-state index >= 15 is 0 Å². The van der Waals surface area contributed by atoms with E-state index < -0.39 is 0 Å². The van der Waals surface area contributed by atoms with Crippen molar-refractivity contribution in [3.8, 4) is 0 Å². The molecule has 6 aliphatic heterocycles. The van der Waals surface area contributed by atoms with Crippen LogP contribution in [0.1, 0.15) is 115 Å². The van der Waals surface area contributed by atoms with Crippen LogP contribution in [0.25, 0.3) is 0 Å². The number of nitrogen functional groups attached to an aromatic ring is 6. The summed E-state index contributed by atoms with van der Waals surface area (Å²) in [5.41, 5.74) is 51.9. The van der Waals surface area contributed by atoms with Crippen molar-refractivity contribution in [1.82, 2.24) is 59.8 Å². The minimum Gasteiger partial charge on any atom is -0.381 e. The Morgan fingerprint density at radius 3 is 1.01 bits per heavy atom. The molecule has 0 spiro atoms. The van der Waals surface area contributed by atoms with Gasteiger partial charge in [0, 0.05) is 76.9 Å². The molecule has 0 bridgehead atoms.